The number of phenols is 1. The van der Waals surface area contributed by atoms with E-state index in [1.807, 2.05) is 0 Å². The van der Waals surface area contributed by atoms with Crippen molar-refractivity contribution in [1.29, 1.82) is 0 Å². The SMILES string of the molecule is CC(C)(C)c1cc(C(=S)SCN2C=CCC2)cc(C(C)(C)C)c1O. The predicted octanol–water partition coefficient (Wildman–Crippen LogP) is 5.57. The second kappa shape index (κ2) is 7.09. The molecule has 0 amide bonds. The fourth-order valence-corrected chi connectivity index (χ4v) is 3.83. The summed E-state index contributed by atoms with van der Waals surface area (Å²) in [6, 6.07) is 4.14. The molecule has 0 fully saturated rings. The first kappa shape index (κ1) is 19.3. The fraction of sp³-hybridized carbons (Fsp3) is 0.550. The standard InChI is InChI=1S/C20H29NOS2/c1-19(2,3)15-11-14(12-16(17(15)22)20(4,5)6)18(23)24-13-21-9-7-8-10-21/h7,9,11-12,22H,8,10,13H2,1-6H3. The molecule has 1 aromatic carbocycles. The molecular formula is C20H29NOS2. The van der Waals surface area contributed by atoms with Crippen LogP contribution in [0.1, 0.15) is 64.7 Å². The smallest absolute Gasteiger partial charge is 0.123 e. The minimum atomic E-state index is -0.127. The molecule has 1 aliphatic rings. The lowest BCUT2D eigenvalue weighted by Crippen LogP contribution is -2.19. The van der Waals surface area contributed by atoms with E-state index in [0.29, 0.717) is 5.75 Å². The summed E-state index contributed by atoms with van der Waals surface area (Å²) in [5, 5.41) is 10.8. The first-order valence-corrected chi connectivity index (χ1v) is 9.85. The van der Waals surface area contributed by atoms with Crippen LogP contribution >= 0.6 is 24.0 Å². The zero-order valence-electron chi connectivity index (χ0n) is 15.6. The summed E-state index contributed by atoms with van der Waals surface area (Å²) in [5.74, 6) is 1.29. The van der Waals surface area contributed by atoms with Gasteiger partial charge in [-0.2, -0.15) is 0 Å². The number of phenolic OH excluding ortho intramolecular Hbond substituents is 1. The van der Waals surface area contributed by atoms with Crippen LogP contribution < -0.4 is 0 Å². The van der Waals surface area contributed by atoms with Gasteiger partial charge in [-0.1, -0.05) is 71.6 Å². The molecular weight excluding hydrogens is 334 g/mol. The molecule has 1 aliphatic heterocycles. The third-order valence-corrected chi connectivity index (χ3v) is 5.77. The van der Waals surface area contributed by atoms with E-state index in [1.54, 1.807) is 11.8 Å². The van der Waals surface area contributed by atoms with Crippen LogP contribution in [0.15, 0.2) is 24.4 Å². The predicted molar refractivity (Wildman–Crippen MR) is 110 cm³/mol. The highest BCUT2D eigenvalue weighted by molar-refractivity contribution is 8.23. The largest absolute Gasteiger partial charge is 0.507 e. The van der Waals surface area contributed by atoms with Gasteiger partial charge in [-0.3, -0.25) is 0 Å². The van der Waals surface area contributed by atoms with E-state index in [9.17, 15) is 5.11 Å². The van der Waals surface area contributed by atoms with Gasteiger partial charge in [0.1, 0.15) is 5.75 Å². The first-order chi connectivity index (χ1) is 11.0. The van der Waals surface area contributed by atoms with Crippen molar-refractivity contribution >= 4 is 28.2 Å². The van der Waals surface area contributed by atoms with Crippen LogP contribution in [0, 0.1) is 0 Å². The minimum Gasteiger partial charge on any atom is -0.507 e. The number of benzene rings is 1. The van der Waals surface area contributed by atoms with E-state index >= 15 is 0 Å². The van der Waals surface area contributed by atoms with E-state index in [-0.39, 0.29) is 10.8 Å². The maximum absolute atomic E-state index is 10.8. The van der Waals surface area contributed by atoms with Crippen LogP contribution in [-0.2, 0) is 10.8 Å². The molecule has 0 atom stereocenters. The Balaban J connectivity index is 2.34. The Kier molecular flexibility index (Phi) is 5.71. The topological polar surface area (TPSA) is 23.5 Å². The van der Waals surface area contributed by atoms with Crippen molar-refractivity contribution in [3.63, 3.8) is 0 Å². The Morgan fingerprint density at radius 2 is 1.67 bits per heavy atom. The Bertz CT molecular complexity index is 616. The molecule has 132 valence electrons. The summed E-state index contributed by atoms with van der Waals surface area (Å²) >= 11 is 7.39. The Morgan fingerprint density at radius 1 is 1.12 bits per heavy atom. The molecule has 0 saturated carbocycles. The summed E-state index contributed by atoms with van der Waals surface area (Å²) in [7, 11) is 0. The molecule has 1 N–H and O–H groups in total. The Labute approximate surface area is 156 Å². The zero-order valence-corrected chi connectivity index (χ0v) is 17.3. The molecule has 2 nitrogen and oxygen atoms in total. The molecule has 0 spiro atoms. The van der Waals surface area contributed by atoms with Gasteiger partial charge in [0.05, 0.1) is 10.1 Å². The highest BCUT2D eigenvalue weighted by Gasteiger charge is 2.27. The van der Waals surface area contributed by atoms with Gasteiger partial charge in [0.15, 0.2) is 0 Å². The number of aromatic hydroxyl groups is 1. The molecule has 0 aliphatic carbocycles. The molecule has 1 heterocycles. The molecule has 1 aromatic rings. The van der Waals surface area contributed by atoms with E-state index in [2.05, 4.69) is 70.9 Å². The van der Waals surface area contributed by atoms with E-state index < -0.39 is 0 Å². The van der Waals surface area contributed by atoms with Gasteiger partial charge in [-0.15, -0.1) is 0 Å². The van der Waals surface area contributed by atoms with E-state index in [1.165, 1.54) is 0 Å². The first-order valence-electron chi connectivity index (χ1n) is 8.46. The van der Waals surface area contributed by atoms with Crippen LogP contribution in [-0.4, -0.2) is 26.6 Å². The molecule has 2 rings (SSSR count). The fourth-order valence-electron chi connectivity index (χ4n) is 2.77. The van der Waals surface area contributed by atoms with Crippen molar-refractivity contribution in [2.75, 3.05) is 12.4 Å². The highest BCUT2D eigenvalue weighted by Crippen LogP contribution is 2.40. The maximum atomic E-state index is 10.8. The molecule has 4 heteroatoms. The molecule has 24 heavy (non-hydrogen) atoms. The van der Waals surface area contributed by atoms with Gasteiger partial charge in [-0.05, 0) is 41.1 Å². The lowest BCUT2D eigenvalue weighted by Gasteiger charge is -2.28. The number of hydrogen-bond donors (Lipinski definition) is 1. The second-order valence-electron chi connectivity index (χ2n) is 8.47. The normalized spacial score (nSPS) is 15.2. The number of hydrogen-bond acceptors (Lipinski definition) is 4. The summed E-state index contributed by atoms with van der Waals surface area (Å²) in [4.78, 5) is 2.28. The average molecular weight is 364 g/mol. The van der Waals surface area contributed by atoms with Gasteiger partial charge in [-0.25, -0.2) is 0 Å². The van der Waals surface area contributed by atoms with Crippen molar-refractivity contribution in [3.05, 3.63) is 41.1 Å². The Morgan fingerprint density at radius 3 is 2.08 bits per heavy atom. The maximum Gasteiger partial charge on any atom is 0.123 e. The highest BCUT2D eigenvalue weighted by atomic mass is 32.2. The third kappa shape index (κ3) is 4.54. The van der Waals surface area contributed by atoms with Crippen molar-refractivity contribution in [2.24, 2.45) is 0 Å². The Hall–Kier alpha value is -1.00. The van der Waals surface area contributed by atoms with Gasteiger partial charge in [0.25, 0.3) is 0 Å². The quantitative estimate of drug-likeness (QED) is 0.709. The summed E-state index contributed by atoms with van der Waals surface area (Å²) in [6.07, 6.45) is 5.46. The molecule has 0 bridgehead atoms. The van der Waals surface area contributed by atoms with Crippen molar-refractivity contribution in [3.8, 4) is 5.75 Å². The molecule has 0 unspecified atom stereocenters. The van der Waals surface area contributed by atoms with Crippen LogP contribution in [0.2, 0.25) is 0 Å². The van der Waals surface area contributed by atoms with Crippen LogP contribution in [0.25, 0.3) is 0 Å². The number of nitrogens with zero attached hydrogens (tertiary/aromatic N) is 1. The van der Waals surface area contributed by atoms with Crippen molar-refractivity contribution in [1.82, 2.24) is 4.90 Å². The molecule has 0 aromatic heterocycles. The number of thioether (sulfide) groups is 1. The number of thiocarbonyl (C=S) groups is 1. The average Bonchev–Trinajstić information content (AvgIpc) is 2.95. The molecule has 0 saturated heterocycles. The van der Waals surface area contributed by atoms with E-state index in [4.69, 9.17) is 12.2 Å². The third-order valence-electron chi connectivity index (χ3n) is 4.22. The lowest BCUT2D eigenvalue weighted by molar-refractivity contribution is 0.423. The summed E-state index contributed by atoms with van der Waals surface area (Å²) in [5.41, 5.74) is 2.73. The van der Waals surface area contributed by atoms with E-state index in [0.717, 1.165) is 39.7 Å². The van der Waals surface area contributed by atoms with Gasteiger partial charge >= 0.3 is 0 Å². The van der Waals surface area contributed by atoms with Crippen LogP contribution in [0.4, 0.5) is 0 Å². The summed E-state index contributed by atoms with van der Waals surface area (Å²) < 4.78 is 0.895. The second-order valence-corrected chi connectivity index (χ2v) is 10.1. The van der Waals surface area contributed by atoms with Gasteiger partial charge < -0.3 is 10.0 Å². The van der Waals surface area contributed by atoms with Crippen molar-refractivity contribution < 1.29 is 5.11 Å². The monoisotopic (exact) mass is 363 g/mol. The van der Waals surface area contributed by atoms with Gasteiger partial charge in [0, 0.05) is 17.7 Å². The van der Waals surface area contributed by atoms with Gasteiger partial charge in [0.2, 0.25) is 0 Å². The minimum absolute atomic E-state index is 0.127. The van der Waals surface area contributed by atoms with Crippen LogP contribution in [0.3, 0.4) is 0 Å². The summed E-state index contributed by atoms with van der Waals surface area (Å²) in [6.45, 7) is 13.8. The van der Waals surface area contributed by atoms with Crippen LogP contribution in [0.5, 0.6) is 5.75 Å². The lowest BCUT2D eigenvalue weighted by atomic mass is 9.78. The zero-order chi connectivity index (χ0) is 18.1. The molecule has 0 radical (unpaired) electrons. The number of rotatable bonds is 3. The van der Waals surface area contributed by atoms with Crippen molar-refractivity contribution in [2.45, 2.75) is 58.8 Å².